The number of aliphatic hydroxyl groups excluding tert-OH is 1. The van der Waals surface area contributed by atoms with E-state index in [-0.39, 0.29) is 30.3 Å². The van der Waals surface area contributed by atoms with E-state index in [0.29, 0.717) is 6.42 Å². The summed E-state index contributed by atoms with van der Waals surface area (Å²) in [5.74, 6) is -0.274. The van der Waals surface area contributed by atoms with Crippen LogP contribution in [0.25, 0.3) is 0 Å². The van der Waals surface area contributed by atoms with Crippen molar-refractivity contribution in [2.75, 3.05) is 6.61 Å². The fourth-order valence-corrected chi connectivity index (χ4v) is 3.25. The Balaban J connectivity index is 1.95. The Bertz CT molecular complexity index is 477. The number of amides is 2. The lowest BCUT2D eigenvalue weighted by atomic mass is 9.94. The molecule has 4 heteroatoms. The SMILES string of the molecule is O=C1C2CCC(C2)C(=O)N1C(CO)c1ccccc1. The average molecular weight is 259 g/mol. The molecule has 1 aliphatic carbocycles. The molecule has 2 bridgehead atoms. The molecule has 2 amide bonds. The van der Waals surface area contributed by atoms with E-state index in [4.69, 9.17) is 0 Å². The monoisotopic (exact) mass is 259 g/mol. The van der Waals surface area contributed by atoms with Gasteiger partial charge in [0, 0.05) is 11.8 Å². The van der Waals surface area contributed by atoms with Crippen molar-refractivity contribution in [3.05, 3.63) is 35.9 Å². The fraction of sp³-hybridized carbons (Fsp3) is 0.467. The number of carbonyl (C=O) groups is 2. The van der Waals surface area contributed by atoms with E-state index in [2.05, 4.69) is 0 Å². The highest BCUT2D eigenvalue weighted by atomic mass is 16.3. The summed E-state index contributed by atoms with van der Waals surface area (Å²) in [5.41, 5.74) is 0.813. The molecule has 3 rings (SSSR count). The van der Waals surface area contributed by atoms with Gasteiger partial charge < -0.3 is 5.11 Å². The number of nitrogens with zero attached hydrogens (tertiary/aromatic N) is 1. The van der Waals surface area contributed by atoms with Crippen LogP contribution in [0.1, 0.15) is 30.9 Å². The second-order valence-electron chi connectivity index (χ2n) is 5.36. The summed E-state index contributed by atoms with van der Waals surface area (Å²) in [6.45, 7) is -0.221. The van der Waals surface area contributed by atoms with Crippen LogP contribution >= 0.6 is 0 Å². The van der Waals surface area contributed by atoms with Crippen LogP contribution < -0.4 is 0 Å². The van der Waals surface area contributed by atoms with Gasteiger partial charge in [-0.2, -0.15) is 0 Å². The van der Waals surface area contributed by atoms with E-state index < -0.39 is 6.04 Å². The molecule has 19 heavy (non-hydrogen) atoms. The Morgan fingerprint density at radius 3 is 2.21 bits per heavy atom. The number of aliphatic hydroxyl groups is 1. The maximum Gasteiger partial charge on any atom is 0.232 e. The van der Waals surface area contributed by atoms with Gasteiger partial charge in [0.15, 0.2) is 0 Å². The molecule has 0 radical (unpaired) electrons. The van der Waals surface area contributed by atoms with Crippen molar-refractivity contribution in [3.8, 4) is 0 Å². The molecular formula is C15H17NO3. The third-order valence-electron chi connectivity index (χ3n) is 4.27. The summed E-state index contributed by atoms with van der Waals surface area (Å²) in [4.78, 5) is 26.0. The average Bonchev–Trinajstić information content (AvgIpc) is 2.89. The van der Waals surface area contributed by atoms with Gasteiger partial charge >= 0.3 is 0 Å². The summed E-state index contributed by atoms with van der Waals surface area (Å²) in [6, 6.07) is 8.73. The predicted octanol–water partition coefficient (Wildman–Crippen LogP) is 1.51. The van der Waals surface area contributed by atoms with E-state index in [9.17, 15) is 14.7 Å². The van der Waals surface area contributed by atoms with E-state index in [1.165, 1.54) is 4.90 Å². The molecule has 2 fully saturated rings. The van der Waals surface area contributed by atoms with E-state index in [0.717, 1.165) is 18.4 Å². The Morgan fingerprint density at radius 2 is 1.68 bits per heavy atom. The van der Waals surface area contributed by atoms with Gasteiger partial charge in [-0.15, -0.1) is 0 Å². The number of imide groups is 1. The van der Waals surface area contributed by atoms with Crippen molar-refractivity contribution < 1.29 is 14.7 Å². The Hall–Kier alpha value is -1.68. The van der Waals surface area contributed by atoms with Crippen molar-refractivity contribution in [3.63, 3.8) is 0 Å². The summed E-state index contributed by atoms with van der Waals surface area (Å²) in [7, 11) is 0. The van der Waals surface area contributed by atoms with E-state index >= 15 is 0 Å². The van der Waals surface area contributed by atoms with Gasteiger partial charge in [-0.1, -0.05) is 30.3 Å². The highest BCUT2D eigenvalue weighted by Crippen LogP contribution is 2.41. The first-order chi connectivity index (χ1) is 9.22. The molecule has 4 nitrogen and oxygen atoms in total. The lowest BCUT2D eigenvalue weighted by molar-refractivity contribution is -0.157. The minimum atomic E-state index is -0.537. The van der Waals surface area contributed by atoms with Crippen LogP contribution in [0.4, 0.5) is 0 Å². The zero-order valence-electron chi connectivity index (χ0n) is 10.7. The number of piperidine rings is 1. The van der Waals surface area contributed by atoms with Crippen LogP contribution in [0.2, 0.25) is 0 Å². The predicted molar refractivity (Wildman–Crippen MR) is 69.0 cm³/mol. The van der Waals surface area contributed by atoms with Gasteiger partial charge in [-0.05, 0) is 24.8 Å². The zero-order chi connectivity index (χ0) is 13.4. The van der Waals surface area contributed by atoms with Crippen LogP contribution in [0, 0.1) is 11.8 Å². The topological polar surface area (TPSA) is 57.6 Å². The fourth-order valence-electron chi connectivity index (χ4n) is 3.25. The Kier molecular flexibility index (Phi) is 3.11. The third-order valence-corrected chi connectivity index (χ3v) is 4.27. The van der Waals surface area contributed by atoms with Crippen molar-refractivity contribution in [2.24, 2.45) is 11.8 Å². The summed E-state index contributed by atoms with van der Waals surface area (Å²) in [5, 5.41) is 9.61. The first-order valence-electron chi connectivity index (χ1n) is 6.75. The molecule has 1 N–H and O–H groups in total. The number of benzene rings is 1. The number of rotatable bonds is 3. The molecule has 0 spiro atoms. The molecule has 3 atom stereocenters. The molecule has 100 valence electrons. The van der Waals surface area contributed by atoms with Crippen molar-refractivity contribution in [1.82, 2.24) is 4.90 Å². The minimum Gasteiger partial charge on any atom is -0.394 e. The maximum absolute atomic E-state index is 12.4. The molecular weight excluding hydrogens is 242 g/mol. The number of hydrogen-bond donors (Lipinski definition) is 1. The second-order valence-corrected chi connectivity index (χ2v) is 5.36. The molecule has 1 aromatic carbocycles. The Labute approximate surface area is 112 Å². The quantitative estimate of drug-likeness (QED) is 0.837. The summed E-state index contributed by atoms with van der Waals surface area (Å²) in [6.07, 6.45) is 2.30. The number of fused-ring (bicyclic) bond motifs is 2. The molecule has 1 aliphatic heterocycles. The van der Waals surface area contributed by atoms with Crippen molar-refractivity contribution >= 4 is 11.8 Å². The first kappa shape index (κ1) is 12.4. The largest absolute Gasteiger partial charge is 0.394 e. The molecule has 2 aliphatic rings. The molecule has 1 saturated heterocycles. The number of hydrogen-bond acceptors (Lipinski definition) is 3. The van der Waals surface area contributed by atoms with Gasteiger partial charge in [-0.25, -0.2) is 0 Å². The molecule has 1 aromatic rings. The zero-order valence-corrected chi connectivity index (χ0v) is 10.7. The van der Waals surface area contributed by atoms with Crippen molar-refractivity contribution in [1.29, 1.82) is 0 Å². The standard InChI is InChI=1S/C15H17NO3/c17-9-13(10-4-2-1-3-5-10)16-14(18)11-6-7-12(8-11)15(16)19/h1-5,11-13,17H,6-9H2. The van der Waals surface area contributed by atoms with Crippen LogP contribution in [0.5, 0.6) is 0 Å². The van der Waals surface area contributed by atoms with Crippen LogP contribution in [-0.2, 0) is 9.59 Å². The Morgan fingerprint density at radius 1 is 1.11 bits per heavy atom. The number of carbonyl (C=O) groups excluding carboxylic acids is 2. The van der Waals surface area contributed by atoms with Crippen LogP contribution in [-0.4, -0.2) is 28.4 Å². The molecule has 0 aromatic heterocycles. The lowest BCUT2D eigenvalue weighted by Gasteiger charge is -2.35. The van der Waals surface area contributed by atoms with Gasteiger partial charge in [0.25, 0.3) is 0 Å². The van der Waals surface area contributed by atoms with Crippen LogP contribution in [0.15, 0.2) is 30.3 Å². The van der Waals surface area contributed by atoms with Gasteiger partial charge in [-0.3, -0.25) is 14.5 Å². The smallest absolute Gasteiger partial charge is 0.232 e. The molecule has 1 saturated carbocycles. The highest BCUT2D eigenvalue weighted by Gasteiger charge is 2.47. The molecule has 3 unspecified atom stereocenters. The third kappa shape index (κ3) is 1.96. The van der Waals surface area contributed by atoms with Gasteiger partial charge in [0.1, 0.15) is 0 Å². The van der Waals surface area contributed by atoms with E-state index in [1.807, 2.05) is 30.3 Å². The normalized spacial score (nSPS) is 27.7. The van der Waals surface area contributed by atoms with Gasteiger partial charge in [0.2, 0.25) is 11.8 Å². The van der Waals surface area contributed by atoms with Crippen molar-refractivity contribution in [2.45, 2.75) is 25.3 Å². The van der Waals surface area contributed by atoms with Gasteiger partial charge in [0.05, 0.1) is 12.6 Å². The highest BCUT2D eigenvalue weighted by molar-refractivity contribution is 6.01. The minimum absolute atomic E-state index is 0.0273. The van der Waals surface area contributed by atoms with E-state index in [1.54, 1.807) is 0 Å². The summed E-state index contributed by atoms with van der Waals surface area (Å²) >= 11 is 0. The lowest BCUT2D eigenvalue weighted by Crippen LogP contribution is -2.49. The molecule has 1 heterocycles. The summed E-state index contributed by atoms with van der Waals surface area (Å²) < 4.78 is 0. The van der Waals surface area contributed by atoms with Crippen LogP contribution in [0.3, 0.4) is 0 Å². The second kappa shape index (κ2) is 4.78. The number of likely N-dealkylation sites (tertiary alicyclic amines) is 1. The first-order valence-corrected chi connectivity index (χ1v) is 6.75. The maximum atomic E-state index is 12.4.